The minimum absolute atomic E-state index is 0.528. The molecule has 1 unspecified atom stereocenters. The lowest BCUT2D eigenvalue weighted by molar-refractivity contribution is 0.0595. The van der Waals surface area contributed by atoms with E-state index in [0.717, 1.165) is 37.6 Å². The molecule has 0 spiro atoms. The van der Waals surface area contributed by atoms with E-state index < -0.39 is 0 Å². The van der Waals surface area contributed by atoms with Crippen LogP contribution in [0.15, 0.2) is 18.6 Å². The second-order valence-electron chi connectivity index (χ2n) is 4.74. The molecule has 19 heavy (non-hydrogen) atoms. The van der Waals surface area contributed by atoms with Crippen LogP contribution in [0.25, 0.3) is 5.65 Å². The van der Waals surface area contributed by atoms with Crippen LogP contribution in [-0.4, -0.2) is 34.1 Å². The maximum absolute atomic E-state index is 5.47. The molecule has 0 aliphatic carbocycles. The smallest absolute Gasteiger partial charge is 0.180 e. The summed E-state index contributed by atoms with van der Waals surface area (Å²) in [4.78, 5) is 8.70. The van der Waals surface area contributed by atoms with E-state index in [1.165, 1.54) is 6.42 Å². The van der Waals surface area contributed by atoms with Gasteiger partial charge in [-0.05, 0) is 18.8 Å². The summed E-state index contributed by atoms with van der Waals surface area (Å²) in [6.07, 6.45) is 7.73. The summed E-state index contributed by atoms with van der Waals surface area (Å²) in [5.74, 6) is 7.30. The lowest BCUT2D eigenvalue weighted by Crippen LogP contribution is -2.25. The lowest BCUT2D eigenvalue weighted by Gasteiger charge is -2.22. The molecular weight excluding hydrogens is 244 g/mol. The van der Waals surface area contributed by atoms with Crippen molar-refractivity contribution in [2.45, 2.75) is 12.8 Å². The monoisotopic (exact) mass is 262 g/mol. The van der Waals surface area contributed by atoms with Gasteiger partial charge in [-0.2, -0.15) is 0 Å². The highest BCUT2D eigenvalue weighted by Gasteiger charge is 2.15. The number of imidazole rings is 1. The van der Waals surface area contributed by atoms with Gasteiger partial charge in [0, 0.05) is 25.5 Å². The van der Waals surface area contributed by atoms with E-state index in [2.05, 4.69) is 20.7 Å². The van der Waals surface area contributed by atoms with Gasteiger partial charge in [0.1, 0.15) is 0 Å². The molecule has 102 valence electrons. The van der Waals surface area contributed by atoms with E-state index in [-0.39, 0.29) is 0 Å². The zero-order valence-corrected chi connectivity index (χ0v) is 10.7. The summed E-state index contributed by atoms with van der Waals surface area (Å²) < 4.78 is 7.37. The Bertz CT molecular complexity index is 548. The van der Waals surface area contributed by atoms with Crippen molar-refractivity contribution in [3.63, 3.8) is 0 Å². The van der Waals surface area contributed by atoms with Gasteiger partial charge in [0.25, 0.3) is 0 Å². The van der Waals surface area contributed by atoms with Crippen LogP contribution in [0.5, 0.6) is 0 Å². The molecule has 7 nitrogen and oxygen atoms in total. The Labute approximate surface area is 111 Å². The number of hydrazine groups is 1. The average molecular weight is 262 g/mol. The minimum atomic E-state index is 0.528. The molecule has 2 aromatic rings. The van der Waals surface area contributed by atoms with Crippen LogP contribution in [0.3, 0.4) is 0 Å². The Morgan fingerprint density at radius 3 is 3.26 bits per heavy atom. The average Bonchev–Trinajstić information content (AvgIpc) is 2.94. The van der Waals surface area contributed by atoms with Crippen molar-refractivity contribution in [3.8, 4) is 0 Å². The maximum Gasteiger partial charge on any atom is 0.180 e. The quantitative estimate of drug-likeness (QED) is 0.559. The van der Waals surface area contributed by atoms with Gasteiger partial charge < -0.3 is 19.9 Å². The fourth-order valence-electron chi connectivity index (χ4n) is 2.33. The highest BCUT2D eigenvalue weighted by atomic mass is 16.5. The van der Waals surface area contributed by atoms with Crippen molar-refractivity contribution in [2.24, 2.45) is 11.8 Å². The van der Waals surface area contributed by atoms with Gasteiger partial charge in [0.15, 0.2) is 17.3 Å². The fourth-order valence-corrected chi connectivity index (χ4v) is 2.33. The SMILES string of the molecule is NNc1cn2ccnc2c(NCC2CCCOC2)n1. The topological polar surface area (TPSA) is 89.5 Å². The number of anilines is 2. The largest absolute Gasteiger partial charge is 0.381 e. The van der Waals surface area contributed by atoms with Crippen molar-refractivity contribution in [2.75, 3.05) is 30.5 Å². The lowest BCUT2D eigenvalue weighted by atomic mass is 10.0. The van der Waals surface area contributed by atoms with E-state index >= 15 is 0 Å². The molecule has 0 aromatic carbocycles. The number of fused-ring (bicyclic) bond motifs is 1. The van der Waals surface area contributed by atoms with Gasteiger partial charge in [-0.15, -0.1) is 0 Å². The van der Waals surface area contributed by atoms with Crippen LogP contribution in [0.2, 0.25) is 0 Å². The first-order valence-corrected chi connectivity index (χ1v) is 6.49. The number of nitrogen functional groups attached to an aromatic ring is 1. The Hall–Kier alpha value is -1.86. The number of nitrogens with one attached hydrogen (secondary N) is 2. The van der Waals surface area contributed by atoms with Crippen molar-refractivity contribution in [3.05, 3.63) is 18.6 Å². The number of rotatable bonds is 4. The summed E-state index contributed by atoms with van der Waals surface area (Å²) >= 11 is 0. The van der Waals surface area contributed by atoms with Gasteiger partial charge in [0.2, 0.25) is 0 Å². The molecule has 3 rings (SSSR count). The van der Waals surface area contributed by atoms with Crippen molar-refractivity contribution in [1.82, 2.24) is 14.4 Å². The molecule has 1 aliphatic rings. The standard InChI is InChI=1S/C12H18N6O/c13-17-10-7-18-4-3-14-12(18)11(16-10)15-6-9-2-1-5-19-8-9/h3-4,7,9,17H,1-2,5-6,8,13H2,(H,15,16). The van der Waals surface area contributed by atoms with Crippen LogP contribution >= 0.6 is 0 Å². The second kappa shape index (κ2) is 5.41. The van der Waals surface area contributed by atoms with Crippen LogP contribution < -0.4 is 16.6 Å². The highest BCUT2D eigenvalue weighted by molar-refractivity contribution is 5.65. The Morgan fingerprint density at radius 1 is 1.53 bits per heavy atom. The van der Waals surface area contributed by atoms with E-state index in [4.69, 9.17) is 10.6 Å². The van der Waals surface area contributed by atoms with Gasteiger partial charge in [0.05, 0.1) is 12.8 Å². The Balaban J connectivity index is 1.77. The van der Waals surface area contributed by atoms with E-state index in [1.54, 1.807) is 12.4 Å². The van der Waals surface area contributed by atoms with E-state index in [1.807, 2.05) is 10.6 Å². The second-order valence-corrected chi connectivity index (χ2v) is 4.74. The first kappa shape index (κ1) is 12.2. The van der Waals surface area contributed by atoms with Crippen LogP contribution in [0.1, 0.15) is 12.8 Å². The van der Waals surface area contributed by atoms with Crippen LogP contribution in [0, 0.1) is 5.92 Å². The summed E-state index contributed by atoms with van der Waals surface area (Å²) in [5, 5.41) is 3.35. The zero-order valence-electron chi connectivity index (χ0n) is 10.7. The first-order chi connectivity index (χ1) is 9.36. The van der Waals surface area contributed by atoms with Gasteiger partial charge >= 0.3 is 0 Å². The fraction of sp³-hybridized carbons (Fsp3) is 0.500. The molecule has 3 heterocycles. The number of nitrogens with zero attached hydrogens (tertiary/aromatic N) is 3. The summed E-state index contributed by atoms with van der Waals surface area (Å²) in [7, 11) is 0. The van der Waals surface area contributed by atoms with Gasteiger partial charge in [-0.25, -0.2) is 15.8 Å². The molecule has 1 atom stereocenters. The molecule has 7 heteroatoms. The number of ether oxygens (including phenoxy) is 1. The van der Waals surface area contributed by atoms with Gasteiger partial charge in [-0.1, -0.05) is 0 Å². The first-order valence-electron chi connectivity index (χ1n) is 6.49. The molecule has 0 bridgehead atoms. The molecule has 0 radical (unpaired) electrons. The number of aromatic nitrogens is 3. The maximum atomic E-state index is 5.47. The van der Waals surface area contributed by atoms with E-state index in [9.17, 15) is 0 Å². The number of nitrogens with two attached hydrogens (primary N) is 1. The summed E-state index contributed by atoms with van der Waals surface area (Å²) in [5.41, 5.74) is 3.36. The predicted octanol–water partition coefficient (Wildman–Crippen LogP) is 0.853. The third-order valence-corrected chi connectivity index (χ3v) is 3.33. The highest BCUT2D eigenvalue weighted by Crippen LogP contribution is 2.18. The molecule has 1 aliphatic heterocycles. The van der Waals surface area contributed by atoms with Crippen molar-refractivity contribution < 1.29 is 4.74 Å². The Kier molecular flexibility index (Phi) is 3.47. The third kappa shape index (κ3) is 2.61. The zero-order chi connectivity index (χ0) is 13.1. The molecule has 1 fully saturated rings. The normalized spacial score (nSPS) is 19.5. The number of hydrogen-bond donors (Lipinski definition) is 3. The van der Waals surface area contributed by atoms with Gasteiger partial charge in [-0.3, -0.25) is 0 Å². The third-order valence-electron chi connectivity index (χ3n) is 3.33. The minimum Gasteiger partial charge on any atom is -0.381 e. The summed E-state index contributed by atoms with van der Waals surface area (Å²) in [6.45, 7) is 2.53. The van der Waals surface area contributed by atoms with Crippen LogP contribution in [0.4, 0.5) is 11.6 Å². The van der Waals surface area contributed by atoms with Crippen LogP contribution in [-0.2, 0) is 4.74 Å². The molecule has 1 saturated heterocycles. The van der Waals surface area contributed by atoms with Crippen molar-refractivity contribution >= 4 is 17.3 Å². The molecule has 4 N–H and O–H groups in total. The summed E-state index contributed by atoms with van der Waals surface area (Å²) in [6, 6.07) is 0. The molecule has 0 saturated carbocycles. The van der Waals surface area contributed by atoms with Crippen molar-refractivity contribution in [1.29, 1.82) is 0 Å². The Morgan fingerprint density at radius 2 is 2.47 bits per heavy atom. The molecule has 0 amide bonds. The number of hydrogen-bond acceptors (Lipinski definition) is 6. The molecular formula is C12H18N6O. The molecule has 2 aromatic heterocycles. The predicted molar refractivity (Wildman–Crippen MR) is 72.8 cm³/mol. The van der Waals surface area contributed by atoms with E-state index in [0.29, 0.717) is 11.7 Å².